The summed E-state index contributed by atoms with van der Waals surface area (Å²) >= 11 is 6.08. The van der Waals surface area contributed by atoms with E-state index in [1.54, 1.807) is 24.3 Å². The van der Waals surface area contributed by atoms with E-state index in [0.29, 0.717) is 5.02 Å². The van der Waals surface area contributed by atoms with Crippen molar-refractivity contribution in [2.45, 2.75) is 24.3 Å². The monoisotopic (exact) mass is 455 g/mol. The molecule has 0 bridgehead atoms. The Morgan fingerprint density at radius 2 is 1.61 bits per heavy atom. The molecular weight excluding hydrogens is 430 g/mol. The van der Waals surface area contributed by atoms with Crippen molar-refractivity contribution in [2.24, 2.45) is 5.92 Å². The molecule has 0 aliphatic carbocycles. The van der Waals surface area contributed by atoms with Crippen molar-refractivity contribution >= 4 is 21.7 Å². The van der Waals surface area contributed by atoms with Gasteiger partial charge in [-0.1, -0.05) is 71.8 Å². The number of aryl methyl sites for hydroxylation is 1. The molecule has 31 heavy (non-hydrogen) atoms. The normalized spacial score (nSPS) is 19.5. The first-order valence-electron chi connectivity index (χ1n) is 10.4. The van der Waals surface area contributed by atoms with Crippen LogP contribution in [0.2, 0.25) is 5.02 Å². The molecule has 3 aromatic rings. The summed E-state index contributed by atoms with van der Waals surface area (Å²) in [6.45, 7) is 4.51. The molecule has 0 unspecified atom stereocenters. The second-order valence-corrected chi connectivity index (χ2v) is 10.2. The van der Waals surface area contributed by atoms with Gasteiger partial charge in [0.25, 0.3) is 10.1 Å². The number of hydrogen-bond donors (Lipinski definition) is 0. The average molecular weight is 456 g/mol. The van der Waals surface area contributed by atoms with E-state index in [0.717, 1.165) is 30.8 Å². The molecule has 1 heterocycles. The van der Waals surface area contributed by atoms with Gasteiger partial charge in [0, 0.05) is 36.5 Å². The zero-order valence-electron chi connectivity index (χ0n) is 17.4. The summed E-state index contributed by atoms with van der Waals surface area (Å²) in [7, 11) is -3.79. The van der Waals surface area contributed by atoms with Crippen LogP contribution in [0.5, 0.6) is 0 Å². The fraction of sp³-hybridized carbons (Fsp3) is 0.280. The highest BCUT2D eigenvalue weighted by Crippen LogP contribution is 2.35. The number of benzene rings is 3. The van der Waals surface area contributed by atoms with Crippen LogP contribution in [0.25, 0.3) is 0 Å². The fourth-order valence-corrected chi connectivity index (χ4v) is 5.22. The van der Waals surface area contributed by atoms with Gasteiger partial charge in [-0.05, 0) is 42.3 Å². The van der Waals surface area contributed by atoms with E-state index in [9.17, 15) is 8.42 Å². The first-order chi connectivity index (χ1) is 14.9. The topological polar surface area (TPSA) is 46.6 Å². The van der Waals surface area contributed by atoms with E-state index in [-0.39, 0.29) is 23.3 Å². The van der Waals surface area contributed by atoms with Crippen molar-refractivity contribution in [2.75, 3.05) is 19.7 Å². The van der Waals surface area contributed by atoms with Gasteiger partial charge in [-0.25, -0.2) is 0 Å². The largest absolute Gasteiger partial charge is 0.298 e. The van der Waals surface area contributed by atoms with Crippen LogP contribution in [0.15, 0.2) is 83.8 Å². The third-order valence-electron chi connectivity index (χ3n) is 5.81. The minimum Gasteiger partial charge on any atom is -0.298 e. The van der Waals surface area contributed by atoms with E-state index in [1.165, 1.54) is 5.56 Å². The summed E-state index contributed by atoms with van der Waals surface area (Å²) in [5, 5.41) is 0.692. The van der Waals surface area contributed by atoms with Gasteiger partial charge < -0.3 is 0 Å². The molecule has 0 spiro atoms. The molecule has 3 aromatic carbocycles. The van der Waals surface area contributed by atoms with Gasteiger partial charge in [-0.2, -0.15) is 8.42 Å². The maximum atomic E-state index is 12.7. The van der Waals surface area contributed by atoms with Crippen LogP contribution in [-0.2, 0) is 20.8 Å². The number of hydrogen-bond acceptors (Lipinski definition) is 4. The summed E-state index contributed by atoms with van der Waals surface area (Å²) in [5.74, 6) is 0.235. The summed E-state index contributed by atoms with van der Waals surface area (Å²) in [6.07, 6.45) is 0. The second kappa shape index (κ2) is 9.53. The first-order valence-corrected chi connectivity index (χ1v) is 12.2. The second-order valence-electron chi connectivity index (χ2n) is 8.15. The van der Waals surface area contributed by atoms with Crippen LogP contribution in [-0.4, -0.2) is 33.0 Å². The molecule has 1 saturated heterocycles. The predicted octanol–water partition coefficient (Wildman–Crippen LogP) is 5.27. The Labute approximate surface area is 189 Å². The van der Waals surface area contributed by atoms with Gasteiger partial charge in [0.2, 0.25) is 0 Å². The van der Waals surface area contributed by atoms with Gasteiger partial charge in [0.05, 0.1) is 11.5 Å². The summed E-state index contributed by atoms with van der Waals surface area (Å²) in [6, 6.07) is 24.9. The molecule has 0 saturated carbocycles. The Kier molecular flexibility index (Phi) is 6.77. The van der Waals surface area contributed by atoms with Gasteiger partial charge in [0.1, 0.15) is 0 Å². The van der Waals surface area contributed by atoms with E-state index in [4.69, 9.17) is 15.8 Å². The lowest BCUT2D eigenvalue weighted by Gasteiger charge is -2.19. The smallest absolute Gasteiger partial charge is 0.296 e. The zero-order valence-corrected chi connectivity index (χ0v) is 19.0. The molecule has 0 N–H and O–H groups in total. The number of halogens is 1. The summed E-state index contributed by atoms with van der Waals surface area (Å²) in [4.78, 5) is 2.56. The maximum absolute atomic E-state index is 12.7. The SMILES string of the molecule is Cc1ccc(S(=O)(=O)OC[C@@H]2CN(Cc3ccccc3)C[C@H]2c2ccc(Cl)cc2)cc1. The van der Waals surface area contributed by atoms with Gasteiger partial charge in [-0.15, -0.1) is 0 Å². The van der Waals surface area contributed by atoms with Crippen molar-refractivity contribution in [1.29, 1.82) is 0 Å². The molecule has 4 nitrogen and oxygen atoms in total. The fourth-order valence-electron chi connectivity index (χ4n) is 4.14. The van der Waals surface area contributed by atoms with Gasteiger partial charge in [0.15, 0.2) is 0 Å². The zero-order chi connectivity index (χ0) is 21.8. The minimum absolute atomic E-state index is 0.0603. The number of rotatable bonds is 7. The lowest BCUT2D eigenvalue weighted by Crippen LogP contribution is -2.22. The first kappa shape index (κ1) is 22.0. The Morgan fingerprint density at radius 3 is 2.29 bits per heavy atom. The van der Waals surface area contributed by atoms with Crippen LogP contribution in [0.3, 0.4) is 0 Å². The third-order valence-corrected chi connectivity index (χ3v) is 7.36. The molecule has 6 heteroatoms. The molecule has 0 radical (unpaired) electrons. The van der Waals surface area contributed by atoms with E-state index < -0.39 is 10.1 Å². The highest BCUT2D eigenvalue weighted by molar-refractivity contribution is 7.86. The van der Waals surface area contributed by atoms with Crippen molar-refractivity contribution in [3.63, 3.8) is 0 Å². The summed E-state index contributed by atoms with van der Waals surface area (Å²) in [5.41, 5.74) is 3.40. The van der Waals surface area contributed by atoms with Crippen LogP contribution in [0.4, 0.5) is 0 Å². The molecule has 162 valence electrons. The number of likely N-dealkylation sites (tertiary alicyclic amines) is 1. The maximum Gasteiger partial charge on any atom is 0.296 e. The Bertz CT molecular complexity index is 1100. The molecule has 2 atom stereocenters. The predicted molar refractivity (Wildman–Crippen MR) is 124 cm³/mol. The van der Waals surface area contributed by atoms with Crippen LogP contribution < -0.4 is 0 Å². The highest BCUT2D eigenvalue weighted by Gasteiger charge is 2.35. The molecule has 4 rings (SSSR count). The molecule has 1 aliphatic rings. The molecular formula is C25H26ClNO3S. The quantitative estimate of drug-likeness (QED) is 0.455. The van der Waals surface area contributed by atoms with Gasteiger partial charge in [-0.3, -0.25) is 9.08 Å². The minimum atomic E-state index is -3.79. The summed E-state index contributed by atoms with van der Waals surface area (Å²) < 4.78 is 30.9. The van der Waals surface area contributed by atoms with E-state index in [1.807, 2.05) is 49.4 Å². The Hall–Kier alpha value is -2.18. The third kappa shape index (κ3) is 5.55. The van der Waals surface area contributed by atoms with Crippen molar-refractivity contribution in [1.82, 2.24) is 4.90 Å². The van der Waals surface area contributed by atoms with Crippen LogP contribution in [0, 0.1) is 12.8 Å². The van der Waals surface area contributed by atoms with Crippen molar-refractivity contribution in [3.8, 4) is 0 Å². The Balaban J connectivity index is 1.50. The van der Waals surface area contributed by atoms with E-state index in [2.05, 4.69) is 17.0 Å². The molecule has 1 fully saturated rings. The Morgan fingerprint density at radius 1 is 0.935 bits per heavy atom. The average Bonchev–Trinajstić information content (AvgIpc) is 3.16. The highest BCUT2D eigenvalue weighted by atomic mass is 35.5. The van der Waals surface area contributed by atoms with Crippen molar-refractivity contribution in [3.05, 3.63) is 101 Å². The lowest BCUT2D eigenvalue weighted by molar-refractivity contribution is 0.237. The van der Waals surface area contributed by atoms with Gasteiger partial charge >= 0.3 is 0 Å². The van der Waals surface area contributed by atoms with Crippen LogP contribution >= 0.6 is 11.6 Å². The molecule has 1 aliphatic heterocycles. The molecule has 0 amide bonds. The van der Waals surface area contributed by atoms with Crippen molar-refractivity contribution < 1.29 is 12.6 Å². The standard InChI is InChI=1S/C25H26ClNO3S/c1-19-7-13-24(14-8-19)31(28,29)30-18-22-16-27(15-20-5-3-2-4-6-20)17-25(22)21-9-11-23(26)12-10-21/h2-14,22,25H,15-18H2,1H3/t22-,25-/m0/s1. The molecule has 0 aromatic heterocycles. The number of nitrogens with zero attached hydrogens (tertiary/aromatic N) is 1. The lowest BCUT2D eigenvalue weighted by atomic mass is 9.90. The van der Waals surface area contributed by atoms with E-state index >= 15 is 0 Å². The van der Waals surface area contributed by atoms with Crippen LogP contribution in [0.1, 0.15) is 22.6 Å².